The van der Waals surface area contributed by atoms with E-state index in [0.29, 0.717) is 0 Å². The van der Waals surface area contributed by atoms with E-state index in [4.69, 9.17) is 9.47 Å². The summed E-state index contributed by atoms with van der Waals surface area (Å²) in [5.41, 5.74) is -1.84. The van der Waals surface area contributed by atoms with E-state index in [2.05, 4.69) is 0 Å². The van der Waals surface area contributed by atoms with Crippen molar-refractivity contribution in [3.63, 3.8) is 0 Å². The molecule has 0 aromatic heterocycles. The Hall–Kier alpha value is -5.39. The van der Waals surface area contributed by atoms with Crippen LogP contribution in [-0.2, 0) is 0 Å². The van der Waals surface area contributed by atoms with Crippen molar-refractivity contribution in [2.75, 3.05) is 0 Å². The molecular weight excluding hydrogens is 468 g/mol. The van der Waals surface area contributed by atoms with E-state index in [0.717, 1.165) is 54.6 Å². The van der Waals surface area contributed by atoms with Gasteiger partial charge in [-0.1, -0.05) is 0 Å². The quantitative estimate of drug-likeness (QED) is 0.296. The third-order valence-electron chi connectivity index (χ3n) is 4.50. The molecule has 0 aliphatic rings. The molecule has 0 atom stereocenters. The molecule has 12 nitrogen and oxygen atoms in total. The zero-order valence-corrected chi connectivity index (χ0v) is 17.3. The first-order chi connectivity index (χ1) is 16.5. The largest absolute Gasteiger partial charge is 0.478 e. The van der Waals surface area contributed by atoms with Gasteiger partial charge in [0.15, 0.2) is 0 Å². The number of hydrogen-bond donors (Lipinski definition) is 5. The molecule has 0 saturated heterocycles. The van der Waals surface area contributed by atoms with Crippen LogP contribution in [0.1, 0.15) is 51.8 Å². The van der Waals surface area contributed by atoms with E-state index >= 15 is 0 Å². The Kier molecular flexibility index (Phi) is 6.67. The molecule has 0 heterocycles. The van der Waals surface area contributed by atoms with Crippen LogP contribution in [0.3, 0.4) is 0 Å². The van der Waals surface area contributed by atoms with Crippen molar-refractivity contribution in [2.24, 2.45) is 0 Å². The molecule has 0 amide bonds. The van der Waals surface area contributed by atoms with Crippen molar-refractivity contribution in [3.8, 4) is 23.0 Å². The van der Waals surface area contributed by atoms with Gasteiger partial charge in [0, 0.05) is 6.07 Å². The molecule has 12 heteroatoms. The molecule has 0 saturated carbocycles. The summed E-state index contributed by atoms with van der Waals surface area (Å²) in [4.78, 5) is 57.1. The Bertz CT molecular complexity index is 1290. The zero-order valence-electron chi connectivity index (χ0n) is 17.3. The van der Waals surface area contributed by atoms with Gasteiger partial charge in [-0.15, -0.1) is 0 Å². The lowest BCUT2D eigenvalue weighted by atomic mass is 10.1. The van der Waals surface area contributed by atoms with Gasteiger partial charge in [-0.2, -0.15) is 0 Å². The number of carbonyl (C=O) groups is 5. The second-order valence-corrected chi connectivity index (χ2v) is 6.84. The number of ether oxygens (including phenoxy) is 2. The molecule has 3 aromatic rings. The van der Waals surface area contributed by atoms with E-state index in [-0.39, 0.29) is 22.6 Å². The van der Waals surface area contributed by atoms with Crippen molar-refractivity contribution in [3.05, 3.63) is 82.4 Å². The molecule has 0 fully saturated rings. The van der Waals surface area contributed by atoms with Gasteiger partial charge in [0.1, 0.15) is 34.1 Å². The summed E-state index contributed by atoms with van der Waals surface area (Å²) >= 11 is 0. The van der Waals surface area contributed by atoms with Gasteiger partial charge < -0.3 is 35.0 Å². The lowest BCUT2D eigenvalue weighted by Gasteiger charge is -2.14. The minimum atomic E-state index is -1.45. The Labute approximate surface area is 194 Å². The van der Waals surface area contributed by atoms with Crippen LogP contribution in [0.4, 0.5) is 0 Å². The molecule has 3 aromatic carbocycles. The Morgan fingerprint density at radius 1 is 0.457 bits per heavy atom. The summed E-state index contributed by atoms with van der Waals surface area (Å²) in [7, 11) is 0. The van der Waals surface area contributed by atoms with Crippen LogP contribution in [0.5, 0.6) is 23.0 Å². The van der Waals surface area contributed by atoms with Gasteiger partial charge >= 0.3 is 29.8 Å². The van der Waals surface area contributed by atoms with E-state index in [1.54, 1.807) is 0 Å². The molecule has 3 rings (SSSR count). The van der Waals surface area contributed by atoms with E-state index in [1.165, 1.54) is 0 Å². The molecule has 0 spiro atoms. The summed E-state index contributed by atoms with van der Waals surface area (Å²) in [5.74, 6) is -8.46. The van der Waals surface area contributed by atoms with Crippen LogP contribution in [0.2, 0.25) is 0 Å². The highest BCUT2D eigenvalue weighted by atomic mass is 16.5. The van der Waals surface area contributed by atoms with Gasteiger partial charge in [0.05, 0.1) is 16.7 Å². The van der Waals surface area contributed by atoms with Crippen molar-refractivity contribution in [1.29, 1.82) is 0 Å². The predicted molar refractivity (Wildman–Crippen MR) is 114 cm³/mol. The molecule has 178 valence electrons. The minimum absolute atomic E-state index is 0.281. The fourth-order valence-electron chi connectivity index (χ4n) is 2.90. The second-order valence-electron chi connectivity index (χ2n) is 6.84. The first-order valence-corrected chi connectivity index (χ1v) is 9.41. The topological polar surface area (TPSA) is 205 Å². The van der Waals surface area contributed by atoms with Crippen molar-refractivity contribution in [1.82, 2.24) is 0 Å². The van der Waals surface area contributed by atoms with Crippen molar-refractivity contribution >= 4 is 29.8 Å². The maximum atomic E-state index is 11.6. The molecule has 0 radical (unpaired) electrons. The van der Waals surface area contributed by atoms with Crippen LogP contribution in [0.25, 0.3) is 0 Å². The zero-order chi connectivity index (χ0) is 25.9. The number of rotatable bonds is 9. The van der Waals surface area contributed by atoms with Crippen LogP contribution in [-0.4, -0.2) is 55.4 Å². The molecule has 35 heavy (non-hydrogen) atoms. The second kappa shape index (κ2) is 9.62. The third kappa shape index (κ3) is 5.51. The van der Waals surface area contributed by atoms with Crippen LogP contribution >= 0.6 is 0 Å². The minimum Gasteiger partial charge on any atom is -0.478 e. The molecule has 0 bridgehead atoms. The third-order valence-corrected chi connectivity index (χ3v) is 4.50. The average Bonchev–Trinajstić information content (AvgIpc) is 2.78. The Morgan fingerprint density at radius 2 is 0.829 bits per heavy atom. The average molecular weight is 482 g/mol. The number of benzene rings is 3. The Morgan fingerprint density at radius 3 is 1.14 bits per heavy atom. The number of hydrogen-bond acceptors (Lipinski definition) is 7. The number of aromatic carboxylic acids is 5. The normalized spacial score (nSPS) is 10.3. The molecular formula is C23H14O12. The highest BCUT2D eigenvalue weighted by molar-refractivity contribution is 5.96. The van der Waals surface area contributed by atoms with E-state index in [1.807, 2.05) is 0 Å². The number of carboxylic acids is 5. The first kappa shape index (κ1) is 24.3. The van der Waals surface area contributed by atoms with Crippen molar-refractivity contribution in [2.45, 2.75) is 0 Å². The summed E-state index contributed by atoms with van der Waals surface area (Å²) in [6.07, 6.45) is 0. The summed E-state index contributed by atoms with van der Waals surface area (Å²) in [6.45, 7) is 0. The molecule has 0 unspecified atom stereocenters. The molecule has 5 N–H and O–H groups in total. The number of carboxylic acid groups (broad SMARTS) is 5. The standard InChI is InChI=1S/C23H14O12/c24-19(25)10-1-3-15(22(30)31)17(7-10)34-13-5-12(21(28)29)6-14(9-13)35-18-8-11(20(26)27)2-4-16(18)23(32)33/h1-9H,(H,24,25)(H,26,27)(H,28,29)(H,30,31)(H,32,33). The SMILES string of the molecule is O=C(O)c1cc(Oc2cc(C(=O)O)ccc2C(=O)O)cc(Oc2cc(C(=O)O)ccc2C(=O)O)c1. The lowest BCUT2D eigenvalue weighted by Crippen LogP contribution is -2.05. The Balaban J connectivity index is 2.10. The maximum Gasteiger partial charge on any atom is 0.339 e. The molecule has 0 aliphatic heterocycles. The van der Waals surface area contributed by atoms with Gasteiger partial charge in [-0.3, -0.25) is 0 Å². The van der Waals surface area contributed by atoms with Crippen LogP contribution in [0.15, 0.2) is 54.6 Å². The fourth-order valence-corrected chi connectivity index (χ4v) is 2.90. The summed E-state index contributed by atoms with van der Waals surface area (Å²) in [5, 5.41) is 46.5. The highest BCUT2D eigenvalue weighted by Gasteiger charge is 2.19. The van der Waals surface area contributed by atoms with Crippen LogP contribution < -0.4 is 9.47 Å². The summed E-state index contributed by atoms with van der Waals surface area (Å²) in [6, 6.07) is 9.03. The molecule has 0 aliphatic carbocycles. The van der Waals surface area contributed by atoms with Gasteiger partial charge in [0.2, 0.25) is 0 Å². The van der Waals surface area contributed by atoms with Crippen LogP contribution in [0, 0.1) is 0 Å². The van der Waals surface area contributed by atoms with Gasteiger partial charge in [0.25, 0.3) is 0 Å². The fraction of sp³-hybridized carbons (Fsp3) is 0. The van der Waals surface area contributed by atoms with Gasteiger partial charge in [-0.25, -0.2) is 24.0 Å². The smallest absolute Gasteiger partial charge is 0.339 e. The monoisotopic (exact) mass is 482 g/mol. The van der Waals surface area contributed by atoms with Gasteiger partial charge in [-0.05, 0) is 48.5 Å². The summed E-state index contributed by atoms with van der Waals surface area (Å²) < 4.78 is 10.9. The maximum absolute atomic E-state index is 11.6. The van der Waals surface area contributed by atoms with E-state index < -0.39 is 58.0 Å². The highest BCUT2D eigenvalue weighted by Crippen LogP contribution is 2.34. The van der Waals surface area contributed by atoms with Crippen molar-refractivity contribution < 1.29 is 59.0 Å². The van der Waals surface area contributed by atoms with E-state index in [9.17, 15) is 49.5 Å². The lowest BCUT2D eigenvalue weighted by molar-refractivity contribution is 0.0678. The first-order valence-electron chi connectivity index (χ1n) is 9.41. The predicted octanol–water partition coefficient (Wildman–Crippen LogP) is 3.76.